The highest BCUT2D eigenvalue weighted by Crippen LogP contribution is 2.19. The fourth-order valence-corrected chi connectivity index (χ4v) is 3.04. The Labute approximate surface area is 175 Å². The number of ether oxygens (including phenoxy) is 1. The van der Waals surface area contributed by atoms with Crippen molar-refractivity contribution in [3.63, 3.8) is 0 Å². The number of carbonyl (C=O) groups excluding carboxylic acids is 2. The molecule has 8 heteroatoms. The van der Waals surface area contributed by atoms with Crippen LogP contribution in [0.4, 0.5) is 20.7 Å². The van der Waals surface area contributed by atoms with Gasteiger partial charge in [-0.1, -0.05) is 6.07 Å². The Bertz CT molecular complexity index is 917. The maximum Gasteiger partial charge on any atom is 0.410 e. The second-order valence-electron chi connectivity index (χ2n) is 8.27. The van der Waals surface area contributed by atoms with E-state index in [4.69, 9.17) is 4.74 Å². The molecule has 2 amide bonds. The molecule has 160 valence electrons. The maximum absolute atomic E-state index is 13.7. The molecule has 0 unspecified atom stereocenters. The molecule has 1 aromatic carbocycles. The third kappa shape index (κ3) is 5.46. The van der Waals surface area contributed by atoms with E-state index in [0.29, 0.717) is 37.6 Å². The number of hydrogen-bond acceptors (Lipinski definition) is 5. The zero-order chi connectivity index (χ0) is 21.9. The van der Waals surface area contributed by atoms with Gasteiger partial charge in [0.25, 0.3) is 5.91 Å². The summed E-state index contributed by atoms with van der Waals surface area (Å²) in [4.78, 5) is 32.6. The number of nitrogens with one attached hydrogen (secondary N) is 1. The van der Waals surface area contributed by atoms with E-state index < -0.39 is 17.3 Å². The van der Waals surface area contributed by atoms with Gasteiger partial charge in [-0.25, -0.2) is 14.2 Å². The van der Waals surface area contributed by atoms with Crippen LogP contribution in [0.5, 0.6) is 0 Å². The first-order valence-corrected chi connectivity index (χ1v) is 9.89. The maximum atomic E-state index is 13.7. The van der Waals surface area contributed by atoms with Crippen molar-refractivity contribution in [1.29, 1.82) is 0 Å². The number of amides is 2. The van der Waals surface area contributed by atoms with Crippen LogP contribution in [-0.2, 0) is 4.74 Å². The van der Waals surface area contributed by atoms with Gasteiger partial charge in [0.1, 0.15) is 17.2 Å². The highest BCUT2D eigenvalue weighted by atomic mass is 19.1. The number of carbonyl (C=O) groups is 2. The number of rotatable bonds is 3. The Kier molecular flexibility index (Phi) is 6.24. The molecular weight excluding hydrogens is 387 g/mol. The van der Waals surface area contributed by atoms with Gasteiger partial charge in [0.2, 0.25) is 0 Å². The standard InChI is InChI=1S/C22H27FN4O3/c1-15-5-6-16(13-18(15)23)20(28)25-19-8-7-17(14-24-19)26-9-11-27(12-10-26)21(29)30-22(2,3)4/h5-8,13-14H,9-12H2,1-4H3,(H,24,25,28). The first kappa shape index (κ1) is 21.5. The van der Waals surface area contributed by atoms with E-state index in [0.717, 1.165) is 5.69 Å². The predicted molar refractivity (Wildman–Crippen MR) is 113 cm³/mol. The Morgan fingerprint density at radius 2 is 1.80 bits per heavy atom. The minimum absolute atomic E-state index is 0.238. The molecule has 30 heavy (non-hydrogen) atoms. The molecule has 0 saturated carbocycles. The van der Waals surface area contributed by atoms with Gasteiger partial charge in [0, 0.05) is 31.7 Å². The van der Waals surface area contributed by atoms with Gasteiger partial charge in [-0.3, -0.25) is 4.79 Å². The van der Waals surface area contributed by atoms with E-state index in [2.05, 4.69) is 15.2 Å². The summed E-state index contributed by atoms with van der Waals surface area (Å²) in [5, 5.41) is 2.67. The lowest BCUT2D eigenvalue weighted by Crippen LogP contribution is -2.50. The smallest absolute Gasteiger partial charge is 0.410 e. The van der Waals surface area contributed by atoms with Crippen molar-refractivity contribution >= 4 is 23.5 Å². The summed E-state index contributed by atoms with van der Waals surface area (Å²) in [5.74, 6) is -0.450. The molecule has 0 radical (unpaired) electrons. The molecular formula is C22H27FN4O3. The summed E-state index contributed by atoms with van der Waals surface area (Å²) >= 11 is 0. The number of pyridine rings is 1. The van der Waals surface area contributed by atoms with Crippen LogP contribution in [0, 0.1) is 12.7 Å². The van der Waals surface area contributed by atoms with E-state index >= 15 is 0 Å². The molecule has 1 aromatic heterocycles. The highest BCUT2D eigenvalue weighted by molar-refractivity contribution is 6.03. The van der Waals surface area contributed by atoms with Crippen LogP contribution in [0.3, 0.4) is 0 Å². The van der Waals surface area contributed by atoms with Crippen molar-refractivity contribution in [2.45, 2.75) is 33.3 Å². The van der Waals surface area contributed by atoms with E-state index in [1.165, 1.54) is 6.07 Å². The highest BCUT2D eigenvalue weighted by Gasteiger charge is 2.26. The van der Waals surface area contributed by atoms with Crippen molar-refractivity contribution in [2.24, 2.45) is 0 Å². The number of nitrogens with zero attached hydrogens (tertiary/aromatic N) is 3. The third-order valence-electron chi connectivity index (χ3n) is 4.72. The molecule has 2 heterocycles. The van der Waals surface area contributed by atoms with E-state index in [1.807, 2.05) is 26.8 Å². The zero-order valence-electron chi connectivity index (χ0n) is 17.7. The summed E-state index contributed by atoms with van der Waals surface area (Å²) in [5.41, 5.74) is 1.12. The minimum atomic E-state index is -0.511. The lowest BCUT2D eigenvalue weighted by Gasteiger charge is -2.36. The SMILES string of the molecule is Cc1ccc(C(=O)Nc2ccc(N3CCN(C(=O)OC(C)(C)C)CC3)cn2)cc1F. The molecule has 0 aliphatic carbocycles. The van der Waals surface area contributed by atoms with Crippen LogP contribution in [-0.4, -0.2) is 53.7 Å². The molecule has 1 aliphatic rings. The largest absolute Gasteiger partial charge is 0.444 e. The average molecular weight is 414 g/mol. The number of piperazine rings is 1. The summed E-state index contributed by atoms with van der Waals surface area (Å²) in [6, 6.07) is 7.92. The Morgan fingerprint density at radius 3 is 2.37 bits per heavy atom. The summed E-state index contributed by atoms with van der Waals surface area (Å²) < 4.78 is 19.1. The normalized spacial score (nSPS) is 14.4. The number of anilines is 2. The fourth-order valence-electron chi connectivity index (χ4n) is 3.04. The summed E-state index contributed by atoms with van der Waals surface area (Å²) in [6.45, 7) is 9.64. The Hall–Kier alpha value is -3.16. The van der Waals surface area contributed by atoms with Gasteiger partial charge < -0.3 is 19.9 Å². The number of hydrogen-bond donors (Lipinski definition) is 1. The molecule has 1 aliphatic heterocycles. The third-order valence-corrected chi connectivity index (χ3v) is 4.72. The van der Waals surface area contributed by atoms with Crippen molar-refractivity contribution in [3.05, 3.63) is 53.5 Å². The minimum Gasteiger partial charge on any atom is -0.444 e. The summed E-state index contributed by atoms with van der Waals surface area (Å²) in [7, 11) is 0. The molecule has 7 nitrogen and oxygen atoms in total. The molecule has 1 saturated heterocycles. The van der Waals surface area contributed by atoms with Gasteiger partial charge in [-0.05, 0) is 57.5 Å². The molecule has 0 spiro atoms. The molecule has 0 bridgehead atoms. The van der Waals surface area contributed by atoms with Crippen molar-refractivity contribution in [1.82, 2.24) is 9.88 Å². The lowest BCUT2D eigenvalue weighted by atomic mass is 10.1. The number of benzene rings is 1. The summed E-state index contributed by atoms with van der Waals surface area (Å²) in [6.07, 6.45) is 1.37. The second kappa shape index (κ2) is 8.69. The van der Waals surface area contributed by atoms with Crippen molar-refractivity contribution in [2.75, 3.05) is 36.4 Å². The lowest BCUT2D eigenvalue weighted by molar-refractivity contribution is 0.0240. The first-order chi connectivity index (χ1) is 14.1. The van der Waals surface area contributed by atoms with Gasteiger partial charge in [-0.2, -0.15) is 0 Å². The van der Waals surface area contributed by atoms with Gasteiger partial charge >= 0.3 is 6.09 Å². The first-order valence-electron chi connectivity index (χ1n) is 9.89. The van der Waals surface area contributed by atoms with Gasteiger partial charge in [-0.15, -0.1) is 0 Å². The monoisotopic (exact) mass is 414 g/mol. The van der Waals surface area contributed by atoms with Crippen LogP contribution in [0.1, 0.15) is 36.7 Å². The zero-order valence-corrected chi connectivity index (χ0v) is 17.7. The van der Waals surface area contributed by atoms with Gasteiger partial charge in [0.15, 0.2) is 0 Å². The van der Waals surface area contributed by atoms with Gasteiger partial charge in [0.05, 0.1) is 11.9 Å². The quantitative estimate of drug-likeness (QED) is 0.826. The van der Waals surface area contributed by atoms with Crippen LogP contribution in [0.15, 0.2) is 36.5 Å². The number of aryl methyl sites for hydroxylation is 1. The van der Waals surface area contributed by atoms with Crippen LogP contribution in [0.2, 0.25) is 0 Å². The topological polar surface area (TPSA) is 74.8 Å². The molecule has 0 atom stereocenters. The van der Waals surface area contributed by atoms with Crippen LogP contribution >= 0.6 is 0 Å². The molecule has 2 aromatic rings. The molecule has 1 fully saturated rings. The van der Waals surface area contributed by atoms with Crippen LogP contribution in [0.25, 0.3) is 0 Å². The molecule has 1 N–H and O–H groups in total. The Morgan fingerprint density at radius 1 is 1.10 bits per heavy atom. The molecule has 3 rings (SSSR count). The van der Waals surface area contributed by atoms with E-state index in [1.54, 1.807) is 36.2 Å². The van der Waals surface area contributed by atoms with Crippen LogP contribution < -0.4 is 10.2 Å². The second-order valence-corrected chi connectivity index (χ2v) is 8.27. The Balaban J connectivity index is 1.55. The average Bonchev–Trinajstić information content (AvgIpc) is 2.69. The fraction of sp³-hybridized carbons (Fsp3) is 0.409. The van der Waals surface area contributed by atoms with Crippen molar-refractivity contribution < 1.29 is 18.7 Å². The van der Waals surface area contributed by atoms with Crippen molar-refractivity contribution in [3.8, 4) is 0 Å². The number of aromatic nitrogens is 1. The van der Waals surface area contributed by atoms with E-state index in [9.17, 15) is 14.0 Å². The van der Waals surface area contributed by atoms with E-state index in [-0.39, 0.29) is 11.7 Å². The number of halogens is 1. The predicted octanol–water partition coefficient (Wildman–Crippen LogP) is 3.84.